The first kappa shape index (κ1) is 9.84. The Bertz CT molecular complexity index is 660. The summed E-state index contributed by atoms with van der Waals surface area (Å²) in [6.07, 6.45) is 0. The van der Waals surface area contributed by atoms with E-state index in [1.807, 2.05) is 29.6 Å². The summed E-state index contributed by atoms with van der Waals surface area (Å²) in [6, 6.07) is 11.6. The van der Waals surface area contributed by atoms with E-state index in [1.54, 1.807) is 17.4 Å². The largest absolute Gasteiger partial charge is 0.489 e. The van der Waals surface area contributed by atoms with Gasteiger partial charge in [0, 0.05) is 4.70 Å². The van der Waals surface area contributed by atoms with Crippen molar-refractivity contribution < 1.29 is 10.0 Å². The highest BCUT2D eigenvalue weighted by atomic mass is 32.1. The molecule has 2 N–H and O–H groups in total. The van der Waals surface area contributed by atoms with Crippen LogP contribution in [0.15, 0.2) is 41.8 Å². The van der Waals surface area contributed by atoms with Gasteiger partial charge >= 0.3 is 7.12 Å². The number of thiophene rings is 1. The first-order chi connectivity index (χ1) is 7.77. The van der Waals surface area contributed by atoms with Gasteiger partial charge in [-0.05, 0) is 33.1 Å². The van der Waals surface area contributed by atoms with Gasteiger partial charge in [-0.2, -0.15) is 0 Å². The van der Waals surface area contributed by atoms with Crippen molar-refractivity contribution in [1.82, 2.24) is 0 Å². The van der Waals surface area contributed by atoms with E-state index in [9.17, 15) is 10.0 Å². The molecule has 3 rings (SSSR count). The SMILES string of the molecule is OB(O)c1cccc2c1ccc1ccsc12. The molecular weight excluding hydrogens is 219 g/mol. The molecule has 2 nitrogen and oxygen atoms in total. The van der Waals surface area contributed by atoms with Gasteiger partial charge in [-0.3, -0.25) is 0 Å². The first-order valence-electron chi connectivity index (χ1n) is 5.02. The maximum Gasteiger partial charge on any atom is 0.489 e. The molecule has 1 heterocycles. The van der Waals surface area contributed by atoms with Crippen molar-refractivity contribution in [2.75, 3.05) is 0 Å². The monoisotopic (exact) mass is 228 g/mol. The van der Waals surface area contributed by atoms with Crippen LogP contribution in [0, 0.1) is 0 Å². The molecule has 0 spiro atoms. The molecule has 0 fully saturated rings. The highest BCUT2D eigenvalue weighted by Gasteiger charge is 2.15. The fourth-order valence-corrected chi connectivity index (χ4v) is 2.96. The van der Waals surface area contributed by atoms with Crippen LogP contribution in [-0.2, 0) is 0 Å². The summed E-state index contributed by atoms with van der Waals surface area (Å²) in [5, 5.41) is 23.8. The normalized spacial score (nSPS) is 11.1. The van der Waals surface area contributed by atoms with Crippen molar-refractivity contribution in [3.8, 4) is 0 Å². The van der Waals surface area contributed by atoms with Crippen LogP contribution in [0.4, 0.5) is 0 Å². The predicted molar refractivity (Wildman–Crippen MR) is 69.2 cm³/mol. The first-order valence-corrected chi connectivity index (χ1v) is 5.90. The molecule has 0 aliphatic heterocycles. The minimum atomic E-state index is -1.42. The summed E-state index contributed by atoms with van der Waals surface area (Å²) in [5.74, 6) is 0. The average molecular weight is 228 g/mol. The number of hydrogen-bond donors (Lipinski definition) is 2. The second kappa shape index (κ2) is 3.59. The molecule has 0 bridgehead atoms. The maximum absolute atomic E-state index is 9.30. The average Bonchev–Trinajstić information content (AvgIpc) is 2.76. The standard InChI is InChI=1S/C12H9BO2S/c14-13(15)11-3-1-2-10-9(11)5-4-8-6-7-16-12(8)10/h1-7,14-15H. The van der Waals surface area contributed by atoms with Crippen LogP contribution in [0.1, 0.15) is 0 Å². The zero-order valence-corrected chi connectivity index (χ0v) is 9.24. The third-order valence-electron chi connectivity index (χ3n) is 2.79. The minimum Gasteiger partial charge on any atom is -0.423 e. The fourth-order valence-electron chi connectivity index (χ4n) is 2.03. The number of rotatable bonds is 1. The predicted octanol–water partition coefficient (Wildman–Crippen LogP) is 1.73. The van der Waals surface area contributed by atoms with Crippen LogP contribution < -0.4 is 5.46 Å². The third-order valence-corrected chi connectivity index (χ3v) is 3.75. The Hall–Kier alpha value is -1.36. The molecule has 0 saturated heterocycles. The molecule has 1 aromatic heterocycles. The van der Waals surface area contributed by atoms with Crippen LogP contribution in [0.2, 0.25) is 0 Å². The van der Waals surface area contributed by atoms with Crippen molar-refractivity contribution >= 4 is 44.8 Å². The van der Waals surface area contributed by atoms with Gasteiger partial charge in [-0.25, -0.2) is 0 Å². The van der Waals surface area contributed by atoms with Crippen molar-refractivity contribution in [3.63, 3.8) is 0 Å². The molecule has 0 saturated carbocycles. The van der Waals surface area contributed by atoms with Crippen molar-refractivity contribution in [1.29, 1.82) is 0 Å². The van der Waals surface area contributed by atoms with Crippen LogP contribution >= 0.6 is 11.3 Å². The summed E-state index contributed by atoms with van der Waals surface area (Å²) >= 11 is 1.67. The van der Waals surface area contributed by atoms with Crippen molar-refractivity contribution in [2.24, 2.45) is 0 Å². The zero-order valence-electron chi connectivity index (χ0n) is 8.42. The quantitative estimate of drug-likeness (QED) is 0.622. The van der Waals surface area contributed by atoms with Crippen LogP contribution in [0.5, 0.6) is 0 Å². The molecule has 0 unspecified atom stereocenters. The molecule has 0 aliphatic carbocycles. The van der Waals surface area contributed by atoms with E-state index < -0.39 is 7.12 Å². The second-order valence-corrected chi connectivity index (χ2v) is 4.64. The molecule has 0 radical (unpaired) electrons. The molecular formula is C12H9BO2S. The molecule has 16 heavy (non-hydrogen) atoms. The Morgan fingerprint density at radius 3 is 2.62 bits per heavy atom. The van der Waals surface area contributed by atoms with Crippen LogP contribution in [-0.4, -0.2) is 17.2 Å². The fraction of sp³-hybridized carbons (Fsp3) is 0. The van der Waals surface area contributed by atoms with Crippen LogP contribution in [0.25, 0.3) is 20.9 Å². The lowest BCUT2D eigenvalue weighted by Crippen LogP contribution is -2.30. The molecule has 3 aromatic rings. The molecule has 78 valence electrons. The molecule has 4 heteroatoms. The van der Waals surface area contributed by atoms with Gasteiger partial charge in [0.15, 0.2) is 0 Å². The summed E-state index contributed by atoms with van der Waals surface area (Å²) in [4.78, 5) is 0. The summed E-state index contributed by atoms with van der Waals surface area (Å²) in [7, 11) is -1.42. The zero-order chi connectivity index (χ0) is 11.1. The number of fused-ring (bicyclic) bond motifs is 3. The molecule has 0 atom stereocenters. The lowest BCUT2D eigenvalue weighted by Gasteiger charge is -2.05. The van der Waals surface area contributed by atoms with Crippen molar-refractivity contribution in [3.05, 3.63) is 41.8 Å². The summed E-state index contributed by atoms with van der Waals surface area (Å²) in [5.41, 5.74) is 0.563. The van der Waals surface area contributed by atoms with E-state index in [-0.39, 0.29) is 0 Å². The maximum atomic E-state index is 9.30. The smallest absolute Gasteiger partial charge is 0.423 e. The molecule has 0 amide bonds. The topological polar surface area (TPSA) is 40.5 Å². The third kappa shape index (κ3) is 1.35. The van der Waals surface area contributed by atoms with E-state index in [1.165, 1.54) is 10.1 Å². The van der Waals surface area contributed by atoms with E-state index in [4.69, 9.17) is 0 Å². The lowest BCUT2D eigenvalue weighted by molar-refractivity contribution is 0.426. The number of benzene rings is 2. The Morgan fingerprint density at radius 1 is 0.938 bits per heavy atom. The minimum absolute atomic E-state index is 0.563. The van der Waals surface area contributed by atoms with Gasteiger partial charge in [0.25, 0.3) is 0 Å². The van der Waals surface area contributed by atoms with E-state index >= 15 is 0 Å². The van der Waals surface area contributed by atoms with Crippen LogP contribution in [0.3, 0.4) is 0 Å². The van der Waals surface area contributed by atoms with Gasteiger partial charge in [-0.1, -0.05) is 30.3 Å². The molecule has 2 aromatic carbocycles. The van der Waals surface area contributed by atoms with E-state index in [2.05, 4.69) is 6.07 Å². The van der Waals surface area contributed by atoms with Crippen molar-refractivity contribution in [2.45, 2.75) is 0 Å². The molecule has 0 aliphatic rings. The Morgan fingerprint density at radius 2 is 1.81 bits per heavy atom. The van der Waals surface area contributed by atoms with Gasteiger partial charge in [0.2, 0.25) is 0 Å². The lowest BCUT2D eigenvalue weighted by atomic mass is 9.77. The second-order valence-electron chi connectivity index (χ2n) is 3.72. The Kier molecular flexibility index (Phi) is 2.21. The number of hydrogen-bond acceptors (Lipinski definition) is 3. The van der Waals surface area contributed by atoms with E-state index in [0.717, 1.165) is 10.8 Å². The summed E-state index contributed by atoms with van der Waals surface area (Å²) in [6.45, 7) is 0. The Labute approximate surface area is 96.9 Å². The van der Waals surface area contributed by atoms with Gasteiger partial charge in [0.05, 0.1) is 0 Å². The highest BCUT2D eigenvalue weighted by Crippen LogP contribution is 2.28. The summed E-state index contributed by atoms with van der Waals surface area (Å²) < 4.78 is 1.19. The van der Waals surface area contributed by atoms with Gasteiger partial charge in [-0.15, -0.1) is 11.3 Å². The Balaban J connectivity index is 2.49. The van der Waals surface area contributed by atoms with Gasteiger partial charge < -0.3 is 10.0 Å². The van der Waals surface area contributed by atoms with Gasteiger partial charge in [0.1, 0.15) is 0 Å². The highest BCUT2D eigenvalue weighted by molar-refractivity contribution is 7.18. The van der Waals surface area contributed by atoms with E-state index in [0.29, 0.717) is 5.46 Å².